The highest BCUT2D eigenvalue weighted by molar-refractivity contribution is 5.89. The highest BCUT2D eigenvalue weighted by Crippen LogP contribution is 2.21. The number of anilines is 1. The molecule has 4 aromatic rings. The Morgan fingerprint density at radius 2 is 1.84 bits per heavy atom. The normalized spacial score (nSPS) is 10.6. The number of rotatable bonds is 7. The minimum atomic E-state index is -0.360. The molecule has 0 radical (unpaired) electrons. The van der Waals surface area contributed by atoms with Crippen LogP contribution < -0.4 is 15.4 Å². The zero-order valence-electron chi connectivity index (χ0n) is 17.3. The Labute approximate surface area is 184 Å². The number of ether oxygens (including phenoxy) is 1. The molecule has 0 aliphatic heterocycles. The fraction of sp³-hybridized carbons (Fsp3) is 0.125. The maximum absolute atomic E-state index is 13.0. The topological polar surface area (TPSA) is 89.3 Å². The molecule has 0 saturated carbocycles. The zero-order valence-corrected chi connectivity index (χ0v) is 17.3. The van der Waals surface area contributed by atoms with E-state index in [0.717, 1.165) is 5.56 Å². The van der Waals surface area contributed by atoms with E-state index in [1.165, 1.54) is 24.6 Å². The molecule has 0 spiro atoms. The van der Waals surface area contributed by atoms with E-state index in [1.807, 2.05) is 31.2 Å². The standard InChI is InChI=1S/C24H21FN4O3/c1-16-2-9-21(10-3-16)32-22-11-8-19(14-27-22)29-24(30)26-13-12-20-15-31-23(28-20)17-4-6-18(25)7-5-17/h2-11,14-15H,12-13H2,1H3,(H2,26,29,30). The molecule has 0 aliphatic rings. The van der Waals surface area contributed by atoms with E-state index in [9.17, 15) is 9.18 Å². The van der Waals surface area contributed by atoms with Gasteiger partial charge >= 0.3 is 6.03 Å². The summed E-state index contributed by atoms with van der Waals surface area (Å²) in [5.74, 6) is 1.21. The van der Waals surface area contributed by atoms with Crippen LogP contribution in [0.4, 0.5) is 14.9 Å². The number of oxazole rings is 1. The predicted molar refractivity (Wildman–Crippen MR) is 118 cm³/mol. The molecule has 8 heteroatoms. The number of carbonyl (C=O) groups is 1. The number of nitrogens with zero attached hydrogens (tertiary/aromatic N) is 2. The van der Waals surface area contributed by atoms with E-state index in [1.54, 1.807) is 24.3 Å². The number of urea groups is 1. The first kappa shape index (κ1) is 21.0. The molecule has 2 heterocycles. The van der Waals surface area contributed by atoms with Crippen molar-refractivity contribution in [3.63, 3.8) is 0 Å². The van der Waals surface area contributed by atoms with Crippen molar-refractivity contribution in [2.45, 2.75) is 13.3 Å². The summed E-state index contributed by atoms with van der Waals surface area (Å²) in [6.45, 7) is 2.37. The van der Waals surface area contributed by atoms with Crippen LogP contribution in [0.25, 0.3) is 11.5 Å². The van der Waals surface area contributed by atoms with Crippen molar-refractivity contribution < 1.29 is 18.3 Å². The van der Waals surface area contributed by atoms with Gasteiger partial charge in [0, 0.05) is 24.6 Å². The van der Waals surface area contributed by atoms with Crippen LogP contribution in [-0.2, 0) is 6.42 Å². The summed E-state index contributed by atoms with van der Waals surface area (Å²) in [5.41, 5.74) is 3.06. The Balaban J connectivity index is 1.23. The maximum Gasteiger partial charge on any atom is 0.319 e. The van der Waals surface area contributed by atoms with Gasteiger partial charge in [0.25, 0.3) is 0 Å². The Morgan fingerprint density at radius 3 is 2.56 bits per heavy atom. The SMILES string of the molecule is Cc1ccc(Oc2ccc(NC(=O)NCCc3coc(-c4ccc(F)cc4)n3)cn2)cc1. The molecule has 0 aliphatic carbocycles. The predicted octanol–water partition coefficient (Wildman–Crippen LogP) is 5.34. The number of hydrogen-bond acceptors (Lipinski definition) is 5. The van der Waals surface area contributed by atoms with Crippen LogP contribution in [0.5, 0.6) is 11.6 Å². The van der Waals surface area contributed by atoms with Crippen LogP contribution in [0.1, 0.15) is 11.3 Å². The molecule has 7 nitrogen and oxygen atoms in total. The third kappa shape index (κ3) is 5.69. The molecule has 0 atom stereocenters. The van der Waals surface area contributed by atoms with Crippen molar-refractivity contribution in [1.82, 2.24) is 15.3 Å². The van der Waals surface area contributed by atoms with Gasteiger partial charge in [-0.2, -0.15) is 0 Å². The fourth-order valence-corrected chi connectivity index (χ4v) is 2.87. The lowest BCUT2D eigenvalue weighted by atomic mass is 10.2. The number of benzene rings is 2. The Bertz CT molecular complexity index is 1170. The molecule has 0 unspecified atom stereocenters. The average molecular weight is 432 g/mol. The fourth-order valence-electron chi connectivity index (χ4n) is 2.87. The molecule has 2 amide bonds. The molecule has 4 rings (SSSR count). The first-order valence-corrected chi connectivity index (χ1v) is 10.0. The summed E-state index contributed by atoms with van der Waals surface area (Å²) in [7, 11) is 0. The first-order chi connectivity index (χ1) is 15.5. The van der Waals surface area contributed by atoms with Crippen LogP contribution >= 0.6 is 0 Å². The summed E-state index contributed by atoms with van der Waals surface area (Å²) >= 11 is 0. The number of amides is 2. The minimum absolute atomic E-state index is 0.320. The summed E-state index contributed by atoms with van der Waals surface area (Å²) < 4.78 is 24.1. The van der Waals surface area contributed by atoms with Gasteiger partial charge in [-0.25, -0.2) is 19.2 Å². The lowest BCUT2D eigenvalue weighted by molar-refractivity contribution is 0.252. The summed E-state index contributed by atoms with van der Waals surface area (Å²) in [6, 6.07) is 16.6. The Kier molecular flexibility index (Phi) is 6.41. The number of halogens is 1. The van der Waals surface area contributed by atoms with Gasteiger partial charge in [0.05, 0.1) is 17.6 Å². The van der Waals surface area contributed by atoms with Gasteiger partial charge < -0.3 is 19.8 Å². The lowest BCUT2D eigenvalue weighted by Crippen LogP contribution is -2.30. The highest BCUT2D eigenvalue weighted by Gasteiger charge is 2.08. The summed E-state index contributed by atoms with van der Waals surface area (Å²) in [6.07, 6.45) is 3.53. The molecule has 2 aromatic carbocycles. The van der Waals surface area contributed by atoms with Gasteiger partial charge in [-0.15, -0.1) is 0 Å². The second-order valence-corrected chi connectivity index (χ2v) is 7.08. The van der Waals surface area contributed by atoms with Crippen LogP contribution in [0.3, 0.4) is 0 Å². The Hall–Kier alpha value is -4.20. The third-order valence-electron chi connectivity index (χ3n) is 4.55. The van der Waals surface area contributed by atoms with Crippen molar-refractivity contribution >= 4 is 11.7 Å². The van der Waals surface area contributed by atoms with E-state index in [4.69, 9.17) is 9.15 Å². The smallest absolute Gasteiger partial charge is 0.319 e. The minimum Gasteiger partial charge on any atom is -0.444 e. The van der Waals surface area contributed by atoms with Crippen LogP contribution in [0, 0.1) is 12.7 Å². The second kappa shape index (κ2) is 9.74. The van der Waals surface area contributed by atoms with Gasteiger partial charge in [0.2, 0.25) is 11.8 Å². The van der Waals surface area contributed by atoms with Gasteiger partial charge in [-0.05, 0) is 49.4 Å². The number of carbonyl (C=O) groups excluding carboxylic acids is 1. The molecule has 162 valence electrons. The van der Waals surface area contributed by atoms with E-state index >= 15 is 0 Å². The van der Waals surface area contributed by atoms with Gasteiger partial charge in [-0.3, -0.25) is 0 Å². The van der Waals surface area contributed by atoms with E-state index in [-0.39, 0.29) is 11.8 Å². The summed E-state index contributed by atoms with van der Waals surface area (Å²) in [4.78, 5) is 20.7. The van der Waals surface area contributed by atoms with Crippen LogP contribution in [0.2, 0.25) is 0 Å². The number of aryl methyl sites for hydroxylation is 1. The molecular formula is C24H21FN4O3. The molecule has 0 bridgehead atoms. The maximum atomic E-state index is 13.0. The average Bonchev–Trinajstić information content (AvgIpc) is 3.26. The van der Waals surface area contributed by atoms with Gasteiger partial charge in [-0.1, -0.05) is 17.7 Å². The van der Waals surface area contributed by atoms with Gasteiger partial charge in [0.1, 0.15) is 17.8 Å². The molecule has 0 saturated heterocycles. The molecule has 0 fully saturated rings. The Morgan fingerprint density at radius 1 is 1.06 bits per heavy atom. The van der Waals surface area contributed by atoms with Crippen LogP contribution in [-0.4, -0.2) is 22.5 Å². The zero-order chi connectivity index (χ0) is 22.3. The highest BCUT2D eigenvalue weighted by atomic mass is 19.1. The second-order valence-electron chi connectivity index (χ2n) is 7.08. The van der Waals surface area contributed by atoms with Gasteiger partial charge in [0.15, 0.2) is 0 Å². The van der Waals surface area contributed by atoms with Crippen molar-refractivity contribution in [3.05, 3.63) is 90.2 Å². The molecule has 2 N–H and O–H groups in total. The summed E-state index contributed by atoms with van der Waals surface area (Å²) in [5, 5.41) is 5.47. The number of aromatic nitrogens is 2. The largest absolute Gasteiger partial charge is 0.444 e. The van der Waals surface area contributed by atoms with Crippen molar-refractivity contribution in [2.24, 2.45) is 0 Å². The number of pyridine rings is 1. The van der Waals surface area contributed by atoms with Crippen LogP contribution in [0.15, 0.2) is 77.5 Å². The van der Waals surface area contributed by atoms with E-state index in [2.05, 4.69) is 20.6 Å². The molecular weight excluding hydrogens is 411 g/mol. The molecule has 32 heavy (non-hydrogen) atoms. The number of hydrogen-bond donors (Lipinski definition) is 2. The van der Waals surface area contributed by atoms with Crippen molar-refractivity contribution in [2.75, 3.05) is 11.9 Å². The molecule has 2 aromatic heterocycles. The van der Waals surface area contributed by atoms with Crippen molar-refractivity contribution in [3.8, 4) is 23.1 Å². The number of nitrogens with one attached hydrogen (secondary N) is 2. The van der Waals surface area contributed by atoms with E-state index < -0.39 is 0 Å². The third-order valence-corrected chi connectivity index (χ3v) is 4.55. The monoisotopic (exact) mass is 432 g/mol. The lowest BCUT2D eigenvalue weighted by Gasteiger charge is -2.08. The van der Waals surface area contributed by atoms with E-state index in [0.29, 0.717) is 47.4 Å². The first-order valence-electron chi connectivity index (χ1n) is 10.0. The van der Waals surface area contributed by atoms with Crippen molar-refractivity contribution in [1.29, 1.82) is 0 Å². The quantitative estimate of drug-likeness (QED) is 0.411.